The molecule has 0 spiro atoms. The minimum Gasteiger partial charge on any atom is -0.479 e. The summed E-state index contributed by atoms with van der Waals surface area (Å²) in [6, 6.07) is 8.25. The van der Waals surface area contributed by atoms with Gasteiger partial charge in [0.15, 0.2) is 6.10 Å². The van der Waals surface area contributed by atoms with Crippen molar-refractivity contribution in [3.05, 3.63) is 49.0 Å². The molecule has 2 rings (SSSR count). The molecule has 9 heteroatoms. The molecule has 5 nitrogen and oxygen atoms in total. The van der Waals surface area contributed by atoms with Crippen LogP contribution in [0.5, 0.6) is 5.75 Å². The summed E-state index contributed by atoms with van der Waals surface area (Å²) in [7, 11) is 0. The molecule has 1 atom stereocenters. The quantitative estimate of drug-likeness (QED) is 0.709. The number of hydrogen-bond donors (Lipinski definition) is 2. The Labute approximate surface area is 155 Å². The van der Waals surface area contributed by atoms with Crippen molar-refractivity contribution in [2.24, 2.45) is 0 Å². The van der Waals surface area contributed by atoms with Crippen LogP contribution in [0.3, 0.4) is 0 Å². The van der Waals surface area contributed by atoms with Crippen LogP contribution in [0.4, 0.5) is 0 Å². The van der Waals surface area contributed by atoms with Gasteiger partial charge in [0.2, 0.25) is 0 Å². The van der Waals surface area contributed by atoms with Crippen LogP contribution in [0, 0.1) is 0 Å². The zero-order chi connectivity index (χ0) is 17.0. The third-order valence-electron chi connectivity index (χ3n) is 2.69. The first-order valence-electron chi connectivity index (χ1n) is 6.34. The van der Waals surface area contributed by atoms with Gasteiger partial charge in [-0.05, 0) is 47.1 Å². The molecule has 1 aromatic heterocycles. The minimum absolute atomic E-state index is 0.223. The van der Waals surface area contributed by atoms with E-state index in [0.717, 1.165) is 3.79 Å². The summed E-state index contributed by atoms with van der Waals surface area (Å²) in [6.45, 7) is 1.53. The van der Waals surface area contributed by atoms with Crippen molar-refractivity contribution < 1.29 is 14.3 Å². The first-order valence-corrected chi connectivity index (χ1v) is 8.71. The number of hydrazine groups is 1. The Morgan fingerprint density at radius 1 is 1.22 bits per heavy atom. The van der Waals surface area contributed by atoms with Gasteiger partial charge in [0.1, 0.15) is 10.8 Å². The molecule has 1 heterocycles. The monoisotopic (exact) mass is 436 g/mol. The Kier molecular flexibility index (Phi) is 6.29. The summed E-state index contributed by atoms with van der Waals surface area (Å²) in [6.07, 6.45) is -0.874. The summed E-state index contributed by atoms with van der Waals surface area (Å²) < 4.78 is 6.27. The molecule has 0 aliphatic rings. The number of thiophene rings is 1. The molecule has 0 bridgehead atoms. The fourth-order valence-corrected chi connectivity index (χ4v) is 3.15. The Balaban J connectivity index is 1.90. The van der Waals surface area contributed by atoms with Crippen molar-refractivity contribution in [2.45, 2.75) is 13.0 Å². The van der Waals surface area contributed by atoms with Gasteiger partial charge < -0.3 is 4.74 Å². The van der Waals surface area contributed by atoms with Gasteiger partial charge >= 0.3 is 0 Å². The third kappa shape index (κ3) is 4.84. The van der Waals surface area contributed by atoms with Gasteiger partial charge in [0.05, 0.1) is 13.7 Å². The number of hydrogen-bond acceptors (Lipinski definition) is 4. The highest BCUT2D eigenvalue weighted by molar-refractivity contribution is 9.11. The molecule has 0 aliphatic heterocycles. The van der Waals surface area contributed by atoms with E-state index in [1.54, 1.807) is 30.3 Å². The Morgan fingerprint density at radius 3 is 2.61 bits per heavy atom. The van der Waals surface area contributed by atoms with E-state index >= 15 is 0 Å². The maximum atomic E-state index is 12.0. The highest BCUT2D eigenvalue weighted by Crippen LogP contribution is 2.32. The molecule has 1 unspecified atom stereocenters. The number of carbonyl (C=O) groups is 2. The lowest BCUT2D eigenvalue weighted by Gasteiger charge is -2.16. The third-order valence-corrected chi connectivity index (χ3v) is 5.11. The Morgan fingerprint density at radius 2 is 1.96 bits per heavy atom. The first-order chi connectivity index (χ1) is 10.9. The van der Waals surface area contributed by atoms with Crippen molar-refractivity contribution in [3.63, 3.8) is 0 Å². The fourth-order valence-electron chi connectivity index (χ4n) is 1.54. The largest absolute Gasteiger partial charge is 0.479 e. The lowest BCUT2D eigenvalue weighted by atomic mass is 10.3. The van der Waals surface area contributed by atoms with E-state index in [-0.39, 0.29) is 10.8 Å². The molecule has 0 aliphatic carbocycles. The second-order valence-electron chi connectivity index (χ2n) is 4.36. The normalized spacial score (nSPS) is 11.7. The van der Waals surface area contributed by atoms with E-state index < -0.39 is 17.9 Å². The maximum Gasteiger partial charge on any atom is 0.279 e. The number of halogens is 3. The summed E-state index contributed by atoms with van der Waals surface area (Å²) in [5.41, 5.74) is 4.61. The summed E-state index contributed by atoms with van der Waals surface area (Å²) in [5, 5.41) is 0.551. The Hall–Kier alpha value is -1.28. The molecule has 23 heavy (non-hydrogen) atoms. The average molecular weight is 438 g/mol. The van der Waals surface area contributed by atoms with Gasteiger partial charge in [-0.2, -0.15) is 0 Å². The standard InChI is InChI=1S/C14H11BrCl2N2O3S/c1-7(22-9-4-2-3-8(16)12(9)17)13(20)18-19-14(21)10-5-6-11(15)23-10/h2-7H,1H3,(H,18,20)(H,19,21). The van der Waals surface area contributed by atoms with Gasteiger partial charge in [-0.25, -0.2) is 0 Å². The number of rotatable bonds is 4. The van der Waals surface area contributed by atoms with Crippen LogP contribution in [0.2, 0.25) is 10.0 Å². The number of nitrogens with one attached hydrogen (secondary N) is 2. The van der Waals surface area contributed by atoms with Crippen molar-refractivity contribution >= 4 is 62.3 Å². The van der Waals surface area contributed by atoms with E-state index in [1.165, 1.54) is 18.3 Å². The Bertz CT molecular complexity index is 739. The van der Waals surface area contributed by atoms with Crippen LogP contribution < -0.4 is 15.6 Å². The molecule has 2 aromatic rings. The SMILES string of the molecule is CC(Oc1cccc(Cl)c1Cl)C(=O)NNC(=O)c1ccc(Br)s1. The molecular formula is C14H11BrCl2N2O3S. The predicted octanol–water partition coefficient (Wildman–Crippen LogP) is 4.05. The highest BCUT2D eigenvalue weighted by atomic mass is 79.9. The molecule has 122 valence electrons. The second-order valence-corrected chi connectivity index (χ2v) is 7.61. The van der Waals surface area contributed by atoms with Gasteiger partial charge in [0.25, 0.3) is 11.8 Å². The molecule has 0 saturated carbocycles. The number of amides is 2. The van der Waals surface area contributed by atoms with E-state index in [9.17, 15) is 9.59 Å². The van der Waals surface area contributed by atoms with Crippen molar-refractivity contribution in [2.75, 3.05) is 0 Å². The second kappa shape index (κ2) is 8.01. The van der Waals surface area contributed by atoms with Crippen molar-refractivity contribution in [3.8, 4) is 5.75 Å². The highest BCUT2D eigenvalue weighted by Gasteiger charge is 2.18. The number of carbonyl (C=O) groups excluding carboxylic acids is 2. The summed E-state index contributed by atoms with van der Waals surface area (Å²) in [4.78, 5) is 24.2. The number of benzene rings is 1. The molecule has 2 amide bonds. The van der Waals surface area contributed by atoms with Gasteiger partial charge in [0, 0.05) is 0 Å². The van der Waals surface area contributed by atoms with E-state index in [0.29, 0.717) is 9.90 Å². The zero-order valence-corrected chi connectivity index (χ0v) is 15.6. The van der Waals surface area contributed by atoms with Crippen LogP contribution in [0.1, 0.15) is 16.6 Å². The lowest BCUT2D eigenvalue weighted by Crippen LogP contribution is -2.47. The molecule has 1 aromatic carbocycles. The van der Waals surface area contributed by atoms with Crippen LogP contribution in [0.25, 0.3) is 0 Å². The maximum absolute atomic E-state index is 12.0. The predicted molar refractivity (Wildman–Crippen MR) is 94.2 cm³/mol. The minimum atomic E-state index is -0.874. The van der Waals surface area contributed by atoms with Gasteiger partial charge in [-0.1, -0.05) is 29.3 Å². The molecule has 0 fully saturated rings. The molecular weight excluding hydrogens is 427 g/mol. The van der Waals surface area contributed by atoms with Crippen LogP contribution >= 0.6 is 50.5 Å². The summed E-state index contributed by atoms with van der Waals surface area (Å²) in [5.74, 6) is -0.651. The molecule has 2 N–H and O–H groups in total. The van der Waals surface area contributed by atoms with E-state index in [2.05, 4.69) is 26.8 Å². The van der Waals surface area contributed by atoms with Gasteiger partial charge in [-0.3, -0.25) is 20.4 Å². The lowest BCUT2D eigenvalue weighted by molar-refractivity contribution is -0.128. The van der Waals surface area contributed by atoms with Crippen LogP contribution in [0.15, 0.2) is 34.1 Å². The number of ether oxygens (including phenoxy) is 1. The van der Waals surface area contributed by atoms with Gasteiger partial charge in [-0.15, -0.1) is 11.3 Å². The topological polar surface area (TPSA) is 67.4 Å². The van der Waals surface area contributed by atoms with Crippen LogP contribution in [-0.2, 0) is 4.79 Å². The first kappa shape index (κ1) is 18.1. The van der Waals surface area contributed by atoms with Crippen LogP contribution in [-0.4, -0.2) is 17.9 Å². The summed E-state index contributed by atoms with van der Waals surface area (Å²) >= 11 is 16.4. The average Bonchev–Trinajstić information content (AvgIpc) is 2.95. The van der Waals surface area contributed by atoms with E-state index in [1.807, 2.05) is 0 Å². The molecule has 0 radical (unpaired) electrons. The molecule has 0 saturated heterocycles. The smallest absolute Gasteiger partial charge is 0.279 e. The van der Waals surface area contributed by atoms with E-state index in [4.69, 9.17) is 27.9 Å². The van der Waals surface area contributed by atoms with Crippen molar-refractivity contribution in [1.29, 1.82) is 0 Å². The fraction of sp³-hybridized carbons (Fsp3) is 0.143. The van der Waals surface area contributed by atoms with Crippen molar-refractivity contribution in [1.82, 2.24) is 10.9 Å². The zero-order valence-electron chi connectivity index (χ0n) is 11.7.